The van der Waals surface area contributed by atoms with Crippen LogP contribution < -0.4 is 14.8 Å². The van der Waals surface area contributed by atoms with Crippen molar-refractivity contribution in [2.24, 2.45) is 0 Å². The van der Waals surface area contributed by atoms with Crippen molar-refractivity contribution >= 4 is 21.6 Å². The highest BCUT2D eigenvalue weighted by molar-refractivity contribution is 7.89. The monoisotopic (exact) mass is 318 g/mol. The van der Waals surface area contributed by atoms with E-state index in [4.69, 9.17) is 16.3 Å². The van der Waals surface area contributed by atoms with Gasteiger partial charge in [-0.1, -0.05) is 18.5 Å². The molecule has 1 aromatic rings. The summed E-state index contributed by atoms with van der Waals surface area (Å²) < 4.78 is 32.7. The molecule has 0 radical (unpaired) electrons. The summed E-state index contributed by atoms with van der Waals surface area (Å²) in [4.78, 5) is 0.104. The van der Waals surface area contributed by atoms with Crippen molar-refractivity contribution in [1.82, 2.24) is 10.0 Å². The van der Waals surface area contributed by atoms with E-state index in [9.17, 15) is 8.42 Å². The normalized spacial score (nSPS) is 15.3. The maximum absolute atomic E-state index is 12.4. The van der Waals surface area contributed by atoms with Crippen molar-refractivity contribution in [3.05, 3.63) is 22.7 Å². The summed E-state index contributed by atoms with van der Waals surface area (Å²) in [5, 5.41) is 3.53. The lowest BCUT2D eigenvalue weighted by Crippen LogP contribution is -2.26. The quantitative estimate of drug-likeness (QED) is 0.806. The minimum atomic E-state index is -3.60. The van der Waals surface area contributed by atoms with Crippen LogP contribution in [0.25, 0.3) is 0 Å². The standard InChI is InChI=1S/C13H19ClN2O3S/c1-3-15-8-9-6-10(14)7-12(13(9)19-2)20(17,18)16-11-4-5-11/h6-7,11,15-16H,3-5,8H2,1-2H3. The van der Waals surface area contributed by atoms with Crippen LogP contribution in [0, 0.1) is 0 Å². The number of methoxy groups -OCH3 is 1. The van der Waals surface area contributed by atoms with Crippen molar-refractivity contribution in [2.45, 2.75) is 37.2 Å². The Kier molecular flexibility index (Phi) is 4.90. The Labute approximate surface area is 124 Å². The van der Waals surface area contributed by atoms with Crippen LogP contribution >= 0.6 is 11.6 Å². The maximum atomic E-state index is 12.4. The fourth-order valence-corrected chi connectivity index (χ4v) is 3.78. The zero-order valence-corrected chi connectivity index (χ0v) is 13.1. The van der Waals surface area contributed by atoms with Crippen LogP contribution in [-0.2, 0) is 16.6 Å². The van der Waals surface area contributed by atoms with Gasteiger partial charge in [-0.15, -0.1) is 0 Å². The first-order chi connectivity index (χ1) is 9.47. The second kappa shape index (κ2) is 6.30. The molecule has 0 saturated heterocycles. The Morgan fingerprint density at radius 3 is 2.65 bits per heavy atom. The van der Waals surface area contributed by atoms with E-state index in [-0.39, 0.29) is 10.9 Å². The highest BCUT2D eigenvalue weighted by Gasteiger charge is 2.30. The molecule has 112 valence electrons. The predicted octanol–water partition coefficient (Wildman–Crippen LogP) is 1.90. The van der Waals surface area contributed by atoms with Crippen LogP contribution in [0.15, 0.2) is 17.0 Å². The number of rotatable bonds is 7. The molecule has 0 amide bonds. The minimum absolute atomic E-state index is 0.0425. The summed E-state index contributed by atoms with van der Waals surface area (Å²) in [6.45, 7) is 3.26. The fraction of sp³-hybridized carbons (Fsp3) is 0.538. The third-order valence-electron chi connectivity index (χ3n) is 3.05. The van der Waals surface area contributed by atoms with Gasteiger partial charge in [0.15, 0.2) is 0 Å². The minimum Gasteiger partial charge on any atom is -0.495 e. The highest BCUT2D eigenvalue weighted by Crippen LogP contribution is 2.33. The van der Waals surface area contributed by atoms with E-state index in [0.29, 0.717) is 17.3 Å². The molecular weight excluding hydrogens is 300 g/mol. The molecule has 1 aromatic carbocycles. The predicted molar refractivity (Wildman–Crippen MR) is 78.7 cm³/mol. The molecular formula is C13H19ClN2O3S. The Bertz CT molecular complexity index is 586. The Morgan fingerprint density at radius 1 is 1.40 bits per heavy atom. The zero-order valence-electron chi connectivity index (χ0n) is 11.6. The SMILES string of the molecule is CCNCc1cc(Cl)cc(S(=O)(=O)NC2CC2)c1OC. The van der Waals surface area contributed by atoms with Gasteiger partial charge in [-0.25, -0.2) is 13.1 Å². The zero-order chi connectivity index (χ0) is 14.8. The fourth-order valence-electron chi connectivity index (χ4n) is 1.93. The lowest BCUT2D eigenvalue weighted by Gasteiger charge is -2.15. The Morgan fingerprint density at radius 2 is 2.10 bits per heavy atom. The molecule has 0 unspecified atom stereocenters. The van der Waals surface area contributed by atoms with Crippen LogP contribution in [0.5, 0.6) is 5.75 Å². The Balaban J connectivity index is 2.42. The lowest BCUT2D eigenvalue weighted by atomic mass is 10.2. The maximum Gasteiger partial charge on any atom is 0.244 e. The first-order valence-corrected chi connectivity index (χ1v) is 8.43. The van der Waals surface area contributed by atoms with Gasteiger partial charge in [0.25, 0.3) is 0 Å². The Hall–Kier alpha value is -0.820. The first kappa shape index (κ1) is 15.6. The van der Waals surface area contributed by atoms with Crippen molar-refractivity contribution in [3.8, 4) is 5.75 Å². The van der Waals surface area contributed by atoms with Crippen molar-refractivity contribution < 1.29 is 13.2 Å². The van der Waals surface area contributed by atoms with Crippen molar-refractivity contribution in [1.29, 1.82) is 0 Å². The molecule has 0 bridgehead atoms. The van der Waals surface area contributed by atoms with E-state index in [1.807, 2.05) is 6.92 Å². The van der Waals surface area contributed by atoms with E-state index in [0.717, 1.165) is 24.9 Å². The van der Waals surface area contributed by atoms with E-state index in [1.165, 1.54) is 13.2 Å². The summed E-state index contributed by atoms with van der Waals surface area (Å²) in [7, 11) is -2.13. The van der Waals surface area contributed by atoms with Gasteiger partial charge in [0.1, 0.15) is 10.6 Å². The van der Waals surface area contributed by atoms with E-state index >= 15 is 0 Å². The molecule has 7 heteroatoms. The topological polar surface area (TPSA) is 67.4 Å². The number of nitrogens with one attached hydrogen (secondary N) is 2. The van der Waals surface area contributed by atoms with Crippen molar-refractivity contribution in [2.75, 3.05) is 13.7 Å². The van der Waals surface area contributed by atoms with E-state index < -0.39 is 10.0 Å². The number of ether oxygens (including phenoxy) is 1. The van der Waals surface area contributed by atoms with Gasteiger partial charge in [-0.3, -0.25) is 0 Å². The molecule has 20 heavy (non-hydrogen) atoms. The average molecular weight is 319 g/mol. The molecule has 2 N–H and O–H groups in total. The van der Waals surface area contributed by atoms with Gasteiger partial charge in [-0.05, 0) is 31.5 Å². The average Bonchev–Trinajstić information content (AvgIpc) is 3.18. The summed E-state index contributed by atoms with van der Waals surface area (Å²) >= 11 is 6.04. The van der Waals surface area contributed by atoms with Crippen LogP contribution in [-0.4, -0.2) is 28.1 Å². The summed E-state index contributed by atoms with van der Waals surface area (Å²) in [5.74, 6) is 0.350. The number of benzene rings is 1. The van der Waals surface area contributed by atoms with Crippen LogP contribution in [0.1, 0.15) is 25.3 Å². The van der Waals surface area contributed by atoms with Gasteiger partial charge in [0.05, 0.1) is 7.11 Å². The van der Waals surface area contributed by atoms with Gasteiger partial charge in [0.2, 0.25) is 10.0 Å². The van der Waals surface area contributed by atoms with Crippen LogP contribution in [0.2, 0.25) is 5.02 Å². The molecule has 0 aromatic heterocycles. The summed E-state index contributed by atoms with van der Waals surface area (Å²) in [6, 6.07) is 3.20. The van der Waals surface area contributed by atoms with E-state index in [2.05, 4.69) is 10.0 Å². The first-order valence-electron chi connectivity index (χ1n) is 6.57. The second-order valence-corrected chi connectivity index (χ2v) is 6.89. The number of hydrogen-bond donors (Lipinski definition) is 2. The number of halogens is 1. The van der Waals surface area contributed by atoms with Gasteiger partial charge < -0.3 is 10.1 Å². The molecule has 0 spiro atoms. The molecule has 5 nitrogen and oxygen atoms in total. The molecule has 1 fully saturated rings. The third kappa shape index (κ3) is 3.63. The highest BCUT2D eigenvalue weighted by atomic mass is 35.5. The largest absolute Gasteiger partial charge is 0.495 e. The second-order valence-electron chi connectivity index (χ2n) is 4.77. The number of hydrogen-bond acceptors (Lipinski definition) is 4. The molecule has 0 aliphatic heterocycles. The summed E-state index contributed by atoms with van der Waals surface area (Å²) in [5.41, 5.74) is 0.734. The lowest BCUT2D eigenvalue weighted by molar-refractivity contribution is 0.395. The number of sulfonamides is 1. The van der Waals surface area contributed by atoms with Crippen molar-refractivity contribution in [3.63, 3.8) is 0 Å². The molecule has 1 aliphatic carbocycles. The van der Waals surface area contributed by atoms with E-state index in [1.54, 1.807) is 6.07 Å². The molecule has 1 aliphatic rings. The van der Waals surface area contributed by atoms with Crippen LogP contribution in [0.3, 0.4) is 0 Å². The molecule has 2 rings (SSSR count). The molecule has 1 saturated carbocycles. The van der Waals surface area contributed by atoms with Gasteiger partial charge in [-0.2, -0.15) is 0 Å². The van der Waals surface area contributed by atoms with Crippen LogP contribution in [0.4, 0.5) is 0 Å². The van der Waals surface area contributed by atoms with Gasteiger partial charge in [0, 0.05) is 23.2 Å². The third-order valence-corrected chi connectivity index (χ3v) is 4.80. The molecule has 0 atom stereocenters. The summed E-state index contributed by atoms with van der Waals surface area (Å²) in [6.07, 6.45) is 1.76. The van der Waals surface area contributed by atoms with Gasteiger partial charge >= 0.3 is 0 Å². The smallest absolute Gasteiger partial charge is 0.244 e. The molecule has 0 heterocycles.